The fourth-order valence-electron chi connectivity index (χ4n) is 0.346. The molecule has 1 aliphatic heterocycles. The second-order valence-corrected chi connectivity index (χ2v) is 1.09. The summed E-state index contributed by atoms with van der Waals surface area (Å²) in [6.45, 7) is 0.733. The zero-order chi connectivity index (χ0) is 4.24. The Kier molecular flexibility index (Phi) is 4.62. The summed E-state index contributed by atoms with van der Waals surface area (Å²) in [4.78, 5) is 0. The quantitative estimate of drug-likeness (QED) is 0.331. The van der Waals surface area contributed by atoms with Gasteiger partial charge in [0, 0.05) is 0 Å². The van der Waals surface area contributed by atoms with Crippen LogP contribution in [-0.2, 0) is 4.74 Å². The predicted octanol–water partition coefficient (Wildman–Crippen LogP) is -1.80. The number of ether oxygens (including phenoxy) is 1. The number of hydrogen-bond donors (Lipinski definition) is 0. The van der Waals surface area contributed by atoms with E-state index in [1.807, 2.05) is 18.2 Å². The molecule has 1 nitrogen and oxygen atoms in total. The minimum Gasteiger partial charge on any atom is -1.00 e. The van der Waals surface area contributed by atoms with Crippen molar-refractivity contribution in [1.82, 2.24) is 0 Å². The summed E-state index contributed by atoms with van der Waals surface area (Å²) < 4.78 is 4.80. The maximum absolute atomic E-state index is 4.80. The van der Waals surface area contributed by atoms with Gasteiger partial charge in [-0.1, -0.05) is 6.08 Å². The van der Waals surface area contributed by atoms with Crippen molar-refractivity contribution in [2.45, 2.75) is 0 Å². The molecule has 0 amide bonds. The fourth-order valence-corrected chi connectivity index (χ4v) is 0.346. The normalized spacial score (nSPS) is 14.9. The van der Waals surface area contributed by atoms with Crippen LogP contribution in [0, 0.1) is 0 Å². The second-order valence-electron chi connectivity index (χ2n) is 1.09. The minimum atomic E-state index is 0. The minimum absolute atomic E-state index is 0. The Morgan fingerprint density at radius 1 is 1.43 bits per heavy atom. The summed E-state index contributed by atoms with van der Waals surface area (Å²) in [6.07, 6.45) is 7.47. The average molecular weight is 106 g/mol. The van der Waals surface area contributed by atoms with E-state index in [2.05, 4.69) is 0 Å². The van der Waals surface area contributed by atoms with Gasteiger partial charge in [0.1, 0.15) is 6.61 Å². The Labute approximate surface area is 66.8 Å². The zero-order valence-electron chi connectivity index (χ0n) is 5.42. The molecule has 1 heterocycles. The van der Waals surface area contributed by atoms with Crippen LogP contribution < -0.4 is 29.6 Å². The van der Waals surface area contributed by atoms with Crippen molar-refractivity contribution in [3.8, 4) is 0 Å². The van der Waals surface area contributed by atoms with Crippen LogP contribution in [0.15, 0.2) is 24.5 Å². The largest absolute Gasteiger partial charge is 1.00 e. The summed E-state index contributed by atoms with van der Waals surface area (Å²) >= 11 is 0. The molecule has 2 heteroatoms. The standard InChI is InChI=1S/C5H6O.Na.H/c1-2-4-6-5-3-1;;/h1-4H,5H2;;/q;+1;-1. The van der Waals surface area contributed by atoms with Crippen LogP contribution in [-0.4, -0.2) is 6.61 Å². The third kappa shape index (κ3) is 2.92. The van der Waals surface area contributed by atoms with E-state index in [0.29, 0.717) is 0 Å². The van der Waals surface area contributed by atoms with Crippen LogP contribution in [0.3, 0.4) is 0 Å². The van der Waals surface area contributed by atoms with Gasteiger partial charge in [-0.3, -0.25) is 0 Å². The Bertz CT molecular complexity index is 78.4. The van der Waals surface area contributed by atoms with E-state index in [0.717, 1.165) is 6.61 Å². The van der Waals surface area contributed by atoms with Crippen LogP contribution in [0.1, 0.15) is 1.43 Å². The monoisotopic (exact) mass is 106 g/mol. The first-order valence-corrected chi connectivity index (χ1v) is 1.93. The van der Waals surface area contributed by atoms with Crippen LogP contribution in [0.4, 0.5) is 0 Å². The van der Waals surface area contributed by atoms with Crippen molar-refractivity contribution >= 4 is 0 Å². The van der Waals surface area contributed by atoms with E-state index in [9.17, 15) is 0 Å². The molecule has 0 aliphatic carbocycles. The smallest absolute Gasteiger partial charge is 1.00 e. The van der Waals surface area contributed by atoms with E-state index >= 15 is 0 Å². The first kappa shape index (κ1) is 7.28. The maximum Gasteiger partial charge on any atom is 1.00 e. The predicted molar refractivity (Wildman–Crippen MR) is 25.3 cm³/mol. The van der Waals surface area contributed by atoms with Crippen LogP contribution in [0.25, 0.3) is 0 Å². The molecule has 0 spiro atoms. The molecule has 1 rings (SSSR count). The molecule has 34 valence electrons. The topological polar surface area (TPSA) is 9.23 Å². The van der Waals surface area contributed by atoms with Gasteiger partial charge in [-0.25, -0.2) is 0 Å². The third-order valence-corrected chi connectivity index (χ3v) is 0.614. The van der Waals surface area contributed by atoms with E-state index in [1.165, 1.54) is 0 Å². The number of allylic oxidation sites excluding steroid dienone is 2. The molecular formula is C5H7NaO. The molecule has 0 radical (unpaired) electrons. The van der Waals surface area contributed by atoms with Crippen LogP contribution >= 0.6 is 0 Å². The summed E-state index contributed by atoms with van der Waals surface area (Å²) in [5.74, 6) is 0. The van der Waals surface area contributed by atoms with Crippen molar-refractivity contribution in [2.75, 3.05) is 6.61 Å². The van der Waals surface area contributed by atoms with Gasteiger partial charge in [0.05, 0.1) is 6.26 Å². The molecular weight excluding hydrogens is 99.0 g/mol. The SMILES string of the molecule is C1=CCOC=C1.[H-].[Na+]. The van der Waals surface area contributed by atoms with Gasteiger partial charge in [0.2, 0.25) is 0 Å². The molecule has 0 saturated carbocycles. The summed E-state index contributed by atoms with van der Waals surface area (Å²) in [5.41, 5.74) is 0. The Hall–Kier alpha value is 0.280. The van der Waals surface area contributed by atoms with Gasteiger partial charge in [-0.05, 0) is 12.2 Å². The van der Waals surface area contributed by atoms with Crippen molar-refractivity contribution in [2.24, 2.45) is 0 Å². The van der Waals surface area contributed by atoms with Crippen molar-refractivity contribution in [3.63, 3.8) is 0 Å². The molecule has 0 bridgehead atoms. The van der Waals surface area contributed by atoms with E-state index < -0.39 is 0 Å². The van der Waals surface area contributed by atoms with Gasteiger partial charge in [0.15, 0.2) is 0 Å². The number of rotatable bonds is 0. The molecule has 0 aromatic carbocycles. The van der Waals surface area contributed by atoms with Gasteiger partial charge in [0.25, 0.3) is 0 Å². The van der Waals surface area contributed by atoms with Crippen LogP contribution in [0.5, 0.6) is 0 Å². The molecule has 0 N–H and O–H groups in total. The molecule has 0 atom stereocenters. The summed E-state index contributed by atoms with van der Waals surface area (Å²) in [7, 11) is 0. The third-order valence-electron chi connectivity index (χ3n) is 0.614. The van der Waals surface area contributed by atoms with E-state index in [-0.39, 0.29) is 31.0 Å². The van der Waals surface area contributed by atoms with Crippen LogP contribution in [0.2, 0.25) is 0 Å². The van der Waals surface area contributed by atoms with E-state index in [4.69, 9.17) is 4.74 Å². The molecule has 0 aromatic heterocycles. The Morgan fingerprint density at radius 2 is 2.29 bits per heavy atom. The molecule has 0 unspecified atom stereocenters. The Morgan fingerprint density at radius 3 is 2.43 bits per heavy atom. The maximum atomic E-state index is 4.80. The second kappa shape index (κ2) is 4.44. The molecule has 0 fully saturated rings. The average Bonchev–Trinajstić information content (AvgIpc) is 1.72. The van der Waals surface area contributed by atoms with Crippen molar-refractivity contribution < 1.29 is 35.7 Å². The molecule has 0 saturated heterocycles. The molecule has 1 aliphatic rings. The first-order chi connectivity index (χ1) is 3.00. The van der Waals surface area contributed by atoms with Gasteiger partial charge in [-0.15, -0.1) is 0 Å². The van der Waals surface area contributed by atoms with Gasteiger partial charge in [-0.2, -0.15) is 0 Å². The van der Waals surface area contributed by atoms with Gasteiger partial charge < -0.3 is 6.16 Å². The summed E-state index contributed by atoms with van der Waals surface area (Å²) in [5, 5.41) is 0. The van der Waals surface area contributed by atoms with E-state index in [1.54, 1.807) is 6.26 Å². The fraction of sp³-hybridized carbons (Fsp3) is 0.200. The van der Waals surface area contributed by atoms with Gasteiger partial charge >= 0.3 is 29.6 Å². The Balaban J connectivity index is 0. The summed E-state index contributed by atoms with van der Waals surface area (Å²) in [6, 6.07) is 0. The van der Waals surface area contributed by atoms with Crippen molar-refractivity contribution in [3.05, 3.63) is 24.5 Å². The van der Waals surface area contributed by atoms with Crippen molar-refractivity contribution in [1.29, 1.82) is 0 Å². The zero-order valence-corrected chi connectivity index (χ0v) is 6.42. The number of hydrogen-bond acceptors (Lipinski definition) is 1. The first-order valence-electron chi connectivity index (χ1n) is 1.93. The molecule has 0 aromatic rings. The molecule has 7 heavy (non-hydrogen) atoms.